The Morgan fingerprint density at radius 3 is 2.55 bits per heavy atom. The molecule has 2 heterocycles. The number of aryl methyl sites for hydroxylation is 2. The van der Waals surface area contributed by atoms with Crippen molar-refractivity contribution in [2.75, 3.05) is 36.8 Å². The van der Waals surface area contributed by atoms with Gasteiger partial charge in [-0.3, -0.25) is 9.52 Å². The molecule has 226 valence electrons. The summed E-state index contributed by atoms with van der Waals surface area (Å²) >= 11 is 0. The fourth-order valence-corrected chi connectivity index (χ4v) is 6.09. The number of carbonyl (C=O) groups excluding carboxylic acids is 2. The molecular weight excluding hydrogens is 569 g/mol. The number of urea groups is 1. The third kappa shape index (κ3) is 6.49. The lowest BCUT2D eigenvalue weighted by Crippen LogP contribution is -2.50. The van der Waals surface area contributed by atoms with E-state index in [0.29, 0.717) is 5.69 Å². The van der Waals surface area contributed by atoms with Gasteiger partial charge in [0.1, 0.15) is 17.6 Å². The number of carbonyl (C=O) groups is 2. The minimum atomic E-state index is -4.20. The monoisotopic (exact) mass is 603 g/mol. The zero-order valence-electron chi connectivity index (χ0n) is 23.9. The van der Waals surface area contributed by atoms with Gasteiger partial charge in [-0.25, -0.2) is 17.6 Å². The summed E-state index contributed by atoms with van der Waals surface area (Å²) in [6.45, 7) is 6.47. The number of aromatic nitrogens is 1. The molecule has 1 aliphatic heterocycles. The summed E-state index contributed by atoms with van der Waals surface area (Å²) in [5.74, 6) is -1.16. The van der Waals surface area contributed by atoms with Gasteiger partial charge in [-0.2, -0.15) is 0 Å². The van der Waals surface area contributed by atoms with E-state index in [0.717, 1.165) is 0 Å². The van der Waals surface area contributed by atoms with Crippen LogP contribution in [-0.4, -0.2) is 79.3 Å². The second kappa shape index (κ2) is 12.4. The molecule has 3 amide bonds. The van der Waals surface area contributed by atoms with Crippen LogP contribution >= 0.6 is 0 Å². The van der Waals surface area contributed by atoms with Gasteiger partial charge in [-0.1, -0.05) is 18.1 Å². The predicted molar refractivity (Wildman–Crippen MR) is 152 cm³/mol. The molecule has 0 radical (unpaired) electrons. The van der Waals surface area contributed by atoms with Crippen LogP contribution in [0.1, 0.15) is 35.7 Å². The van der Waals surface area contributed by atoms with Crippen molar-refractivity contribution in [1.82, 2.24) is 15.0 Å². The van der Waals surface area contributed by atoms with Crippen LogP contribution in [-0.2, 0) is 10.0 Å². The molecule has 3 aromatic rings. The number of aliphatic hydroxyl groups is 1. The number of aliphatic hydroxyl groups excluding tert-OH is 1. The number of rotatable bonds is 8. The number of para-hydroxylation sites is 1. The minimum Gasteiger partial charge on any atom is -0.485 e. The van der Waals surface area contributed by atoms with Crippen LogP contribution in [0.3, 0.4) is 0 Å². The highest BCUT2D eigenvalue weighted by Gasteiger charge is 2.36. The number of nitrogens with one attached hydrogen (secondary N) is 2. The third-order valence-corrected chi connectivity index (χ3v) is 8.68. The first-order chi connectivity index (χ1) is 19.8. The zero-order valence-corrected chi connectivity index (χ0v) is 24.7. The summed E-state index contributed by atoms with van der Waals surface area (Å²) in [5.41, 5.74) is 0.661. The van der Waals surface area contributed by atoms with Gasteiger partial charge < -0.3 is 29.5 Å². The molecule has 0 spiro atoms. The highest BCUT2D eigenvalue weighted by atomic mass is 32.2. The predicted octanol–water partition coefficient (Wildman–Crippen LogP) is 3.62. The average Bonchev–Trinajstić information content (AvgIpc) is 3.29. The standard InChI is InChI=1S/C28H34FN5O7S/c1-16-13-34(17(2)15-35)27(36)22-7-6-8-23(32-42(38,39)26-18(3)31-41-19(26)4)25(22)40-24(16)14-33(5)28(37)30-21-11-9-20(29)10-12-21/h6-12,16-17,24,32,35H,13-15H2,1-5H3,(H,30,37)/t16-,17-,24-/m1/s1. The summed E-state index contributed by atoms with van der Waals surface area (Å²) in [5, 5.41) is 16.3. The smallest absolute Gasteiger partial charge is 0.321 e. The summed E-state index contributed by atoms with van der Waals surface area (Å²) in [6.07, 6.45) is -0.709. The lowest BCUT2D eigenvalue weighted by atomic mass is 9.99. The highest BCUT2D eigenvalue weighted by Crippen LogP contribution is 2.36. The van der Waals surface area contributed by atoms with E-state index in [4.69, 9.17) is 9.26 Å². The molecule has 14 heteroatoms. The molecule has 0 saturated carbocycles. The van der Waals surface area contributed by atoms with Crippen molar-refractivity contribution in [3.8, 4) is 5.75 Å². The molecule has 3 atom stereocenters. The van der Waals surface area contributed by atoms with Gasteiger partial charge in [-0.05, 0) is 57.2 Å². The van der Waals surface area contributed by atoms with E-state index >= 15 is 0 Å². The van der Waals surface area contributed by atoms with Gasteiger partial charge in [0, 0.05) is 25.2 Å². The fraction of sp³-hybridized carbons (Fsp3) is 0.393. The van der Waals surface area contributed by atoms with Crippen molar-refractivity contribution in [3.63, 3.8) is 0 Å². The maximum absolute atomic E-state index is 13.7. The Bertz CT molecular complexity index is 1540. The number of ether oxygens (including phenoxy) is 1. The summed E-state index contributed by atoms with van der Waals surface area (Å²) in [4.78, 5) is 29.4. The van der Waals surface area contributed by atoms with Crippen molar-refractivity contribution in [3.05, 3.63) is 65.3 Å². The number of likely N-dealkylation sites (N-methyl/N-ethyl adjacent to an activating group) is 1. The third-order valence-electron chi connectivity index (χ3n) is 7.07. The van der Waals surface area contributed by atoms with Crippen LogP contribution in [0.5, 0.6) is 5.75 Å². The molecule has 0 bridgehead atoms. The van der Waals surface area contributed by atoms with Crippen LogP contribution in [0.2, 0.25) is 0 Å². The van der Waals surface area contributed by atoms with Gasteiger partial charge in [0.2, 0.25) is 0 Å². The molecule has 0 fully saturated rings. The summed E-state index contributed by atoms with van der Waals surface area (Å²) in [7, 11) is -2.64. The molecular formula is C28H34FN5O7S. The van der Waals surface area contributed by atoms with Crippen LogP contribution in [0, 0.1) is 25.6 Å². The minimum absolute atomic E-state index is 0.00923. The number of nitrogens with zero attached hydrogens (tertiary/aromatic N) is 3. The molecule has 0 aliphatic carbocycles. The SMILES string of the molecule is Cc1noc(C)c1S(=O)(=O)Nc1cccc2c1O[C@H](CN(C)C(=O)Nc1ccc(F)cc1)[C@H](C)CN([C@H](C)CO)C2=O. The van der Waals surface area contributed by atoms with E-state index in [1.165, 1.54) is 66.1 Å². The van der Waals surface area contributed by atoms with E-state index < -0.39 is 39.9 Å². The van der Waals surface area contributed by atoms with E-state index in [9.17, 15) is 27.5 Å². The molecule has 42 heavy (non-hydrogen) atoms. The van der Waals surface area contributed by atoms with Crippen molar-refractivity contribution in [1.29, 1.82) is 0 Å². The molecule has 4 rings (SSSR count). The molecule has 1 aromatic heterocycles. The molecule has 1 aliphatic rings. The van der Waals surface area contributed by atoms with Crippen molar-refractivity contribution < 1.29 is 36.8 Å². The first-order valence-electron chi connectivity index (χ1n) is 13.3. The normalized spacial score (nSPS) is 17.9. The summed E-state index contributed by atoms with van der Waals surface area (Å²) < 4.78 is 54.0. The Morgan fingerprint density at radius 1 is 1.24 bits per heavy atom. The zero-order chi connectivity index (χ0) is 30.8. The van der Waals surface area contributed by atoms with Gasteiger partial charge >= 0.3 is 6.03 Å². The Labute approximate surface area is 243 Å². The van der Waals surface area contributed by atoms with E-state index in [1.54, 1.807) is 14.0 Å². The van der Waals surface area contributed by atoms with Crippen LogP contribution in [0.15, 0.2) is 51.9 Å². The average molecular weight is 604 g/mol. The van der Waals surface area contributed by atoms with E-state index in [1.807, 2.05) is 6.92 Å². The summed E-state index contributed by atoms with van der Waals surface area (Å²) in [6, 6.07) is 8.80. The van der Waals surface area contributed by atoms with Crippen molar-refractivity contribution >= 4 is 33.3 Å². The number of hydrogen-bond acceptors (Lipinski definition) is 8. The fourth-order valence-electron chi connectivity index (χ4n) is 4.70. The second-order valence-corrected chi connectivity index (χ2v) is 12.0. The highest BCUT2D eigenvalue weighted by molar-refractivity contribution is 7.92. The number of hydrogen-bond donors (Lipinski definition) is 3. The van der Waals surface area contributed by atoms with Gasteiger partial charge in [0.25, 0.3) is 15.9 Å². The maximum atomic E-state index is 13.7. The quantitative estimate of drug-likeness (QED) is 0.353. The molecule has 0 saturated heterocycles. The number of sulfonamides is 1. The Hall–Kier alpha value is -4.17. The van der Waals surface area contributed by atoms with E-state index in [-0.39, 0.29) is 59.0 Å². The van der Waals surface area contributed by atoms with Crippen molar-refractivity contribution in [2.45, 2.75) is 44.7 Å². The maximum Gasteiger partial charge on any atom is 0.321 e. The Kier molecular flexibility index (Phi) is 9.06. The van der Waals surface area contributed by atoms with Crippen LogP contribution < -0.4 is 14.8 Å². The number of fused-ring (bicyclic) bond motifs is 1. The largest absolute Gasteiger partial charge is 0.485 e. The molecule has 12 nitrogen and oxygen atoms in total. The van der Waals surface area contributed by atoms with Crippen LogP contribution in [0.4, 0.5) is 20.6 Å². The number of benzene rings is 2. The van der Waals surface area contributed by atoms with Gasteiger partial charge in [-0.15, -0.1) is 0 Å². The molecule has 0 unspecified atom stereocenters. The van der Waals surface area contributed by atoms with Gasteiger partial charge in [0.15, 0.2) is 16.4 Å². The number of anilines is 2. The van der Waals surface area contributed by atoms with Crippen LogP contribution in [0.25, 0.3) is 0 Å². The van der Waals surface area contributed by atoms with Gasteiger partial charge in [0.05, 0.1) is 30.4 Å². The molecule has 2 aromatic carbocycles. The number of amides is 3. The van der Waals surface area contributed by atoms with Crippen molar-refractivity contribution in [2.24, 2.45) is 5.92 Å². The lowest BCUT2D eigenvalue weighted by Gasteiger charge is -2.38. The topological polar surface area (TPSA) is 154 Å². The first-order valence-corrected chi connectivity index (χ1v) is 14.8. The number of halogens is 1. The second-order valence-electron chi connectivity index (χ2n) is 10.4. The lowest BCUT2D eigenvalue weighted by molar-refractivity contribution is 0.0373. The molecule has 3 N–H and O–H groups in total. The Morgan fingerprint density at radius 2 is 1.93 bits per heavy atom. The first kappa shape index (κ1) is 30.8. The Balaban J connectivity index is 1.70. The van der Waals surface area contributed by atoms with E-state index in [2.05, 4.69) is 15.2 Å².